The van der Waals surface area contributed by atoms with Crippen molar-refractivity contribution in [3.8, 4) is 0 Å². The van der Waals surface area contributed by atoms with Gasteiger partial charge in [-0.3, -0.25) is 4.79 Å². The summed E-state index contributed by atoms with van der Waals surface area (Å²) in [4.78, 5) is 12.4. The average molecular weight is 363 g/mol. The zero-order valence-electron chi connectivity index (χ0n) is 13.5. The van der Waals surface area contributed by atoms with Gasteiger partial charge < -0.3 is 20.1 Å². The molecule has 130 valence electrons. The van der Waals surface area contributed by atoms with Gasteiger partial charge in [0, 0.05) is 18.7 Å². The van der Waals surface area contributed by atoms with Gasteiger partial charge in [-0.2, -0.15) is 0 Å². The summed E-state index contributed by atoms with van der Waals surface area (Å²) in [7, 11) is 1.63. The molecule has 1 aromatic rings. The molecule has 1 aliphatic rings. The van der Waals surface area contributed by atoms with Crippen LogP contribution in [0.1, 0.15) is 25.5 Å². The van der Waals surface area contributed by atoms with Crippen molar-refractivity contribution in [2.45, 2.75) is 38.1 Å². The lowest BCUT2D eigenvalue weighted by molar-refractivity contribution is -0.130. The maximum atomic E-state index is 12.4. The number of amides is 1. The van der Waals surface area contributed by atoms with Crippen LogP contribution in [0.15, 0.2) is 24.3 Å². The topological polar surface area (TPSA) is 59.6 Å². The number of rotatable bonds is 5. The Labute approximate surface area is 148 Å². The van der Waals surface area contributed by atoms with E-state index in [0.29, 0.717) is 18.2 Å². The molecule has 0 spiro atoms. The van der Waals surface area contributed by atoms with E-state index in [-0.39, 0.29) is 42.6 Å². The van der Waals surface area contributed by atoms with Crippen molar-refractivity contribution in [3.05, 3.63) is 34.9 Å². The van der Waals surface area contributed by atoms with Crippen LogP contribution in [0.25, 0.3) is 0 Å². The first-order valence-electron chi connectivity index (χ1n) is 7.46. The Morgan fingerprint density at radius 3 is 2.65 bits per heavy atom. The van der Waals surface area contributed by atoms with Crippen molar-refractivity contribution in [2.75, 3.05) is 20.3 Å². The lowest BCUT2D eigenvalue weighted by Crippen LogP contribution is -2.57. The minimum Gasteiger partial charge on any atom is -0.375 e. The van der Waals surface area contributed by atoms with E-state index in [1.807, 2.05) is 38.1 Å². The van der Waals surface area contributed by atoms with Crippen LogP contribution in [0.2, 0.25) is 5.02 Å². The van der Waals surface area contributed by atoms with E-state index in [0.717, 1.165) is 5.56 Å². The maximum absolute atomic E-state index is 12.4. The Hall–Kier alpha value is -0.850. The SMILES string of the molecule is COC(c1ccc(Cl)cc1)C(C)NC(=O)[C@H]1NCCO[C@@H]1C.Cl. The molecule has 1 aromatic carbocycles. The fraction of sp³-hybridized carbons (Fsp3) is 0.562. The summed E-state index contributed by atoms with van der Waals surface area (Å²) in [5.41, 5.74) is 0.973. The van der Waals surface area contributed by atoms with E-state index >= 15 is 0 Å². The summed E-state index contributed by atoms with van der Waals surface area (Å²) >= 11 is 5.91. The summed E-state index contributed by atoms with van der Waals surface area (Å²) in [6.45, 7) is 5.14. The van der Waals surface area contributed by atoms with E-state index in [9.17, 15) is 4.79 Å². The average Bonchev–Trinajstić information content (AvgIpc) is 2.50. The third-order valence-corrected chi connectivity index (χ3v) is 4.13. The summed E-state index contributed by atoms with van der Waals surface area (Å²) < 4.78 is 11.1. The van der Waals surface area contributed by atoms with Gasteiger partial charge in [-0.05, 0) is 31.5 Å². The van der Waals surface area contributed by atoms with Crippen LogP contribution >= 0.6 is 24.0 Å². The van der Waals surface area contributed by atoms with Crippen LogP contribution in [0.5, 0.6) is 0 Å². The minimum absolute atomic E-state index is 0. The van der Waals surface area contributed by atoms with Gasteiger partial charge in [-0.25, -0.2) is 0 Å². The Kier molecular flexibility index (Phi) is 8.29. The Morgan fingerprint density at radius 1 is 1.43 bits per heavy atom. The lowest BCUT2D eigenvalue weighted by Gasteiger charge is -2.31. The van der Waals surface area contributed by atoms with Crippen LogP contribution in [0.4, 0.5) is 0 Å². The molecule has 0 aromatic heterocycles. The van der Waals surface area contributed by atoms with E-state index < -0.39 is 0 Å². The number of hydrogen-bond donors (Lipinski definition) is 2. The molecule has 1 amide bonds. The third kappa shape index (κ3) is 5.33. The fourth-order valence-corrected chi connectivity index (χ4v) is 2.82. The van der Waals surface area contributed by atoms with Crippen LogP contribution in [-0.2, 0) is 14.3 Å². The molecule has 4 atom stereocenters. The molecule has 2 N–H and O–H groups in total. The third-order valence-electron chi connectivity index (χ3n) is 3.88. The predicted molar refractivity (Wildman–Crippen MR) is 93.3 cm³/mol. The van der Waals surface area contributed by atoms with Gasteiger partial charge >= 0.3 is 0 Å². The van der Waals surface area contributed by atoms with Crippen molar-refractivity contribution in [1.82, 2.24) is 10.6 Å². The second-order valence-corrected chi connectivity index (χ2v) is 5.95. The second kappa shape index (κ2) is 9.45. The lowest BCUT2D eigenvalue weighted by atomic mass is 10.0. The highest BCUT2D eigenvalue weighted by molar-refractivity contribution is 6.30. The van der Waals surface area contributed by atoms with E-state index in [2.05, 4.69) is 10.6 Å². The molecular formula is C16H24Cl2N2O3. The van der Waals surface area contributed by atoms with E-state index in [4.69, 9.17) is 21.1 Å². The minimum atomic E-state index is -0.334. The predicted octanol–water partition coefficient (Wildman–Crippen LogP) is 2.33. The fourth-order valence-electron chi connectivity index (χ4n) is 2.70. The monoisotopic (exact) mass is 362 g/mol. The highest BCUT2D eigenvalue weighted by Crippen LogP contribution is 2.22. The van der Waals surface area contributed by atoms with Gasteiger partial charge in [-0.15, -0.1) is 12.4 Å². The van der Waals surface area contributed by atoms with E-state index in [1.165, 1.54) is 0 Å². The molecule has 0 radical (unpaired) electrons. The Balaban J connectivity index is 0.00000264. The van der Waals surface area contributed by atoms with Crippen LogP contribution in [-0.4, -0.2) is 44.4 Å². The highest BCUT2D eigenvalue weighted by atomic mass is 35.5. The molecule has 2 rings (SSSR count). The van der Waals surface area contributed by atoms with E-state index in [1.54, 1.807) is 7.11 Å². The number of ether oxygens (including phenoxy) is 2. The molecule has 2 unspecified atom stereocenters. The molecular weight excluding hydrogens is 339 g/mol. The number of halogens is 2. The zero-order chi connectivity index (χ0) is 16.1. The molecule has 0 bridgehead atoms. The van der Waals surface area contributed by atoms with Crippen molar-refractivity contribution < 1.29 is 14.3 Å². The molecule has 5 nitrogen and oxygen atoms in total. The van der Waals surface area contributed by atoms with Crippen molar-refractivity contribution in [2.24, 2.45) is 0 Å². The number of carbonyl (C=O) groups is 1. The Bertz CT molecular complexity index is 499. The number of methoxy groups -OCH3 is 1. The standard InChI is InChI=1S/C16H23ClN2O3.ClH/c1-10(15(21-3)12-4-6-13(17)7-5-12)19-16(20)14-11(2)22-9-8-18-14;/h4-7,10-11,14-15,18H,8-9H2,1-3H3,(H,19,20);1H/t10?,11-,14+,15?;/m1./s1. The summed E-state index contributed by atoms with van der Waals surface area (Å²) in [5, 5.41) is 6.86. The zero-order valence-corrected chi connectivity index (χ0v) is 15.1. The van der Waals surface area contributed by atoms with Gasteiger partial charge in [0.2, 0.25) is 5.91 Å². The highest BCUT2D eigenvalue weighted by Gasteiger charge is 2.30. The molecule has 1 aliphatic heterocycles. The van der Waals surface area contributed by atoms with Crippen molar-refractivity contribution >= 4 is 29.9 Å². The molecule has 0 saturated carbocycles. The first-order chi connectivity index (χ1) is 10.5. The smallest absolute Gasteiger partial charge is 0.240 e. The van der Waals surface area contributed by atoms with Crippen LogP contribution < -0.4 is 10.6 Å². The molecule has 1 fully saturated rings. The summed E-state index contributed by atoms with van der Waals surface area (Å²) in [6, 6.07) is 6.94. The van der Waals surface area contributed by atoms with Crippen LogP contribution in [0, 0.1) is 0 Å². The number of morpholine rings is 1. The first-order valence-corrected chi connectivity index (χ1v) is 7.84. The van der Waals surface area contributed by atoms with Gasteiger partial charge in [-0.1, -0.05) is 23.7 Å². The Morgan fingerprint density at radius 2 is 2.09 bits per heavy atom. The van der Waals surface area contributed by atoms with Crippen LogP contribution in [0.3, 0.4) is 0 Å². The molecule has 23 heavy (non-hydrogen) atoms. The second-order valence-electron chi connectivity index (χ2n) is 5.51. The molecule has 0 aliphatic carbocycles. The summed E-state index contributed by atoms with van der Waals surface area (Å²) in [5.74, 6) is -0.0734. The van der Waals surface area contributed by atoms with Crippen molar-refractivity contribution in [3.63, 3.8) is 0 Å². The van der Waals surface area contributed by atoms with Gasteiger partial charge in [0.1, 0.15) is 12.1 Å². The normalized spacial score (nSPS) is 23.5. The van der Waals surface area contributed by atoms with Crippen molar-refractivity contribution in [1.29, 1.82) is 0 Å². The largest absolute Gasteiger partial charge is 0.375 e. The summed E-state index contributed by atoms with van der Waals surface area (Å²) in [6.07, 6.45) is -0.376. The van der Waals surface area contributed by atoms with Gasteiger partial charge in [0.15, 0.2) is 0 Å². The number of hydrogen-bond acceptors (Lipinski definition) is 4. The first kappa shape index (κ1) is 20.2. The molecule has 1 heterocycles. The quantitative estimate of drug-likeness (QED) is 0.843. The van der Waals surface area contributed by atoms with Gasteiger partial charge in [0.25, 0.3) is 0 Å². The number of carbonyl (C=O) groups excluding carboxylic acids is 1. The number of benzene rings is 1. The molecule has 7 heteroatoms. The number of nitrogens with one attached hydrogen (secondary N) is 2. The molecule has 1 saturated heterocycles. The maximum Gasteiger partial charge on any atom is 0.240 e. The van der Waals surface area contributed by atoms with Gasteiger partial charge in [0.05, 0.1) is 18.8 Å².